The Labute approximate surface area is 489 Å². The van der Waals surface area contributed by atoms with Gasteiger partial charge >= 0.3 is 17.9 Å². The van der Waals surface area contributed by atoms with Gasteiger partial charge in [0, 0.05) is 19.3 Å². The van der Waals surface area contributed by atoms with E-state index >= 15 is 0 Å². The summed E-state index contributed by atoms with van der Waals surface area (Å²) in [7, 11) is 0. The van der Waals surface area contributed by atoms with Gasteiger partial charge < -0.3 is 14.2 Å². The molecule has 0 rings (SSSR count). The Morgan fingerprint density at radius 1 is 0.266 bits per heavy atom. The van der Waals surface area contributed by atoms with Crippen molar-refractivity contribution < 1.29 is 28.6 Å². The molecular formula is C73H124O6. The fourth-order valence-corrected chi connectivity index (χ4v) is 9.24. The number of carbonyl (C=O) groups excluding carboxylic acids is 3. The Morgan fingerprint density at radius 2 is 0.519 bits per heavy atom. The Kier molecular flexibility index (Phi) is 63.3. The number of carbonyl (C=O) groups is 3. The van der Waals surface area contributed by atoms with E-state index < -0.39 is 6.10 Å². The summed E-state index contributed by atoms with van der Waals surface area (Å²) in [6, 6.07) is 0. The molecular weight excluding hydrogens is 973 g/mol. The van der Waals surface area contributed by atoms with Gasteiger partial charge in [-0.25, -0.2) is 0 Å². The van der Waals surface area contributed by atoms with E-state index in [-0.39, 0.29) is 31.1 Å². The van der Waals surface area contributed by atoms with E-state index in [0.29, 0.717) is 19.3 Å². The molecule has 0 N–H and O–H groups in total. The van der Waals surface area contributed by atoms with Crippen LogP contribution in [0.25, 0.3) is 0 Å². The molecule has 1 atom stereocenters. The number of allylic oxidation sites excluding steroid dienone is 18. The van der Waals surface area contributed by atoms with Crippen LogP contribution >= 0.6 is 0 Å². The van der Waals surface area contributed by atoms with E-state index in [4.69, 9.17) is 14.2 Å². The van der Waals surface area contributed by atoms with Gasteiger partial charge in [0.25, 0.3) is 0 Å². The first-order valence-corrected chi connectivity index (χ1v) is 33.4. The van der Waals surface area contributed by atoms with Crippen molar-refractivity contribution in [2.45, 2.75) is 322 Å². The van der Waals surface area contributed by atoms with Crippen LogP contribution in [0.15, 0.2) is 109 Å². The molecule has 0 bridgehead atoms. The van der Waals surface area contributed by atoms with Crippen LogP contribution in [-0.4, -0.2) is 37.2 Å². The highest BCUT2D eigenvalue weighted by atomic mass is 16.6. The van der Waals surface area contributed by atoms with Crippen LogP contribution in [-0.2, 0) is 28.6 Å². The van der Waals surface area contributed by atoms with Gasteiger partial charge in [0.1, 0.15) is 13.2 Å². The molecule has 6 heteroatoms. The molecule has 0 saturated heterocycles. The molecule has 0 amide bonds. The van der Waals surface area contributed by atoms with Gasteiger partial charge in [-0.2, -0.15) is 0 Å². The molecule has 6 nitrogen and oxygen atoms in total. The minimum Gasteiger partial charge on any atom is -0.462 e. The summed E-state index contributed by atoms with van der Waals surface area (Å²) >= 11 is 0. The van der Waals surface area contributed by atoms with Crippen molar-refractivity contribution in [1.82, 2.24) is 0 Å². The fraction of sp³-hybridized carbons (Fsp3) is 0.712. The second-order valence-corrected chi connectivity index (χ2v) is 22.0. The molecule has 79 heavy (non-hydrogen) atoms. The lowest BCUT2D eigenvalue weighted by atomic mass is 10.0. The Bertz CT molecular complexity index is 1590. The quantitative estimate of drug-likeness (QED) is 0.0261. The van der Waals surface area contributed by atoms with E-state index in [0.717, 1.165) is 128 Å². The molecule has 0 spiro atoms. The minimum atomic E-state index is -0.788. The molecule has 0 heterocycles. The van der Waals surface area contributed by atoms with Crippen LogP contribution in [0.2, 0.25) is 0 Å². The summed E-state index contributed by atoms with van der Waals surface area (Å²) in [5.41, 5.74) is 0. The van der Waals surface area contributed by atoms with Gasteiger partial charge in [0.15, 0.2) is 6.10 Å². The summed E-state index contributed by atoms with van der Waals surface area (Å²) in [5.74, 6) is -0.894. The minimum absolute atomic E-state index is 0.0841. The van der Waals surface area contributed by atoms with Crippen LogP contribution in [0.4, 0.5) is 0 Å². The topological polar surface area (TPSA) is 78.9 Å². The van der Waals surface area contributed by atoms with Crippen LogP contribution in [0.3, 0.4) is 0 Å². The van der Waals surface area contributed by atoms with Crippen molar-refractivity contribution in [3.05, 3.63) is 109 Å². The Hall–Kier alpha value is -3.93. The maximum absolute atomic E-state index is 12.9. The highest BCUT2D eigenvalue weighted by Crippen LogP contribution is 2.16. The van der Waals surface area contributed by atoms with Crippen molar-refractivity contribution in [3.8, 4) is 0 Å². The molecule has 0 aliphatic heterocycles. The number of esters is 3. The van der Waals surface area contributed by atoms with Crippen LogP contribution in [0, 0.1) is 0 Å². The normalized spacial score (nSPS) is 12.8. The van der Waals surface area contributed by atoms with Crippen molar-refractivity contribution in [2.75, 3.05) is 13.2 Å². The Morgan fingerprint density at radius 3 is 0.823 bits per heavy atom. The lowest BCUT2D eigenvalue weighted by Crippen LogP contribution is -2.30. The fourth-order valence-electron chi connectivity index (χ4n) is 9.24. The molecule has 0 saturated carbocycles. The van der Waals surface area contributed by atoms with Gasteiger partial charge in [0.2, 0.25) is 0 Å². The lowest BCUT2D eigenvalue weighted by molar-refractivity contribution is -0.167. The number of unbranched alkanes of at least 4 members (excludes halogenated alkanes) is 31. The second kappa shape index (κ2) is 66.6. The monoisotopic (exact) mass is 1100 g/mol. The zero-order valence-electron chi connectivity index (χ0n) is 51.9. The largest absolute Gasteiger partial charge is 0.462 e. The molecule has 0 aliphatic rings. The molecule has 0 aliphatic carbocycles. The molecule has 0 aromatic carbocycles. The van der Waals surface area contributed by atoms with Gasteiger partial charge in [-0.05, 0) is 122 Å². The second-order valence-electron chi connectivity index (χ2n) is 22.0. The first-order valence-electron chi connectivity index (χ1n) is 33.4. The molecule has 0 aromatic heterocycles. The highest BCUT2D eigenvalue weighted by Gasteiger charge is 2.19. The molecule has 1 unspecified atom stereocenters. The van der Waals surface area contributed by atoms with Crippen molar-refractivity contribution >= 4 is 17.9 Å². The molecule has 0 fully saturated rings. The summed E-state index contributed by atoms with van der Waals surface area (Å²) in [4.78, 5) is 38.3. The van der Waals surface area contributed by atoms with Gasteiger partial charge in [-0.1, -0.05) is 284 Å². The van der Waals surface area contributed by atoms with E-state index in [2.05, 4.69) is 130 Å². The predicted octanol–water partition coefficient (Wildman–Crippen LogP) is 23.0. The van der Waals surface area contributed by atoms with Crippen molar-refractivity contribution in [2.24, 2.45) is 0 Å². The van der Waals surface area contributed by atoms with Crippen molar-refractivity contribution in [1.29, 1.82) is 0 Å². The third kappa shape index (κ3) is 64.8. The van der Waals surface area contributed by atoms with Crippen LogP contribution in [0.5, 0.6) is 0 Å². The molecule has 452 valence electrons. The maximum Gasteiger partial charge on any atom is 0.306 e. The summed E-state index contributed by atoms with van der Waals surface area (Å²) in [5, 5.41) is 0. The van der Waals surface area contributed by atoms with Crippen LogP contribution < -0.4 is 0 Å². The third-order valence-corrected chi connectivity index (χ3v) is 14.2. The molecule has 0 radical (unpaired) electrons. The average molecular weight is 1100 g/mol. The zero-order chi connectivity index (χ0) is 57.1. The summed E-state index contributed by atoms with van der Waals surface area (Å²) < 4.78 is 16.9. The number of hydrogen-bond donors (Lipinski definition) is 0. The standard InChI is InChI=1S/C73H124O6/c1-4-7-10-13-16-19-22-25-27-29-31-32-33-34-35-36-37-38-39-40-42-43-45-48-51-54-57-60-63-66-72(75)78-69-70(68-77-71(74)65-62-59-56-53-50-47-24-21-18-15-12-9-6-3)79-73(76)67-64-61-58-55-52-49-46-44-41-30-28-26-23-20-17-14-11-8-5-2/h7,10,12,15-17,19-21,24-28,31-32,34-35,70H,4-6,8-9,11,13-14,18,22-23,29-30,33,36-69H2,1-3H3/b10-7-,15-12-,19-16-,20-17-,24-21-,27-25-,28-26-,32-31-,35-34-. The summed E-state index contributed by atoms with van der Waals surface area (Å²) in [6.07, 6.45) is 91.0. The van der Waals surface area contributed by atoms with E-state index in [9.17, 15) is 14.4 Å². The first-order chi connectivity index (χ1) is 39.0. The van der Waals surface area contributed by atoms with E-state index in [1.807, 2.05) is 0 Å². The van der Waals surface area contributed by atoms with E-state index in [1.54, 1.807) is 0 Å². The Balaban J connectivity index is 4.28. The number of hydrogen-bond acceptors (Lipinski definition) is 6. The smallest absolute Gasteiger partial charge is 0.306 e. The predicted molar refractivity (Wildman–Crippen MR) is 343 cm³/mol. The number of ether oxygens (including phenoxy) is 3. The zero-order valence-corrected chi connectivity index (χ0v) is 51.9. The highest BCUT2D eigenvalue weighted by molar-refractivity contribution is 5.71. The van der Waals surface area contributed by atoms with Crippen LogP contribution in [0.1, 0.15) is 316 Å². The van der Waals surface area contributed by atoms with Gasteiger partial charge in [-0.3, -0.25) is 14.4 Å². The first kappa shape index (κ1) is 75.1. The maximum atomic E-state index is 12.9. The molecule has 0 aromatic rings. The van der Waals surface area contributed by atoms with Gasteiger partial charge in [-0.15, -0.1) is 0 Å². The third-order valence-electron chi connectivity index (χ3n) is 14.2. The average Bonchev–Trinajstić information content (AvgIpc) is 3.45. The SMILES string of the molecule is CC/C=C\C/C=C\C/C=C\C/C=C\C/C=C\CCCCCCCCCCCCCCCC(=O)OCC(COC(=O)CCCCCCC/C=C\C/C=C\CCC)OC(=O)CCCCCCCCCCC/C=C\C/C=C\CCCCC. The lowest BCUT2D eigenvalue weighted by Gasteiger charge is -2.18. The van der Waals surface area contributed by atoms with Crippen molar-refractivity contribution in [3.63, 3.8) is 0 Å². The van der Waals surface area contributed by atoms with Gasteiger partial charge in [0.05, 0.1) is 0 Å². The summed E-state index contributed by atoms with van der Waals surface area (Å²) in [6.45, 7) is 6.45. The number of rotatable bonds is 60. The van der Waals surface area contributed by atoms with E-state index in [1.165, 1.54) is 148 Å².